The summed E-state index contributed by atoms with van der Waals surface area (Å²) in [5.41, 5.74) is 10.4. The Morgan fingerprint density at radius 3 is 2.70 bits per heavy atom. The molecule has 104 valence electrons. The van der Waals surface area contributed by atoms with E-state index in [9.17, 15) is 4.79 Å². The summed E-state index contributed by atoms with van der Waals surface area (Å²) in [6.07, 6.45) is 0. The first-order valence-electron chi connectivity index (χ1n) is 6.37. The fourth-order valence-electron chi connectivity index (χ4n) is 1.97. The van der Waals surface area contributed by atoms with Gasteiger partial charge in [0.1, 0.15) is 0 Å². The van der Waals surface area contributed by atoms with Crippen LogP contribution < -0.4 is 11.1 Å². The monoisotopic (exact) mass is 332 g/mol. The van der Waals surface area contributed by atoms with Gasteiger partial charge in [-0.15, -0.1) is 0 Å². The van der Waals surface area contributed by atoms with Crippen molar-refractivity contribution in [3.8, 4) is 0 Å². The van der Waals surface area contributed by atoms with Gasteiger partial charge in [0.2, 0.25) is 0 Å². The van der Waals surface area contributed by atoms with Gasteiger partial charge < -0.3 is 11.1 Å². The van der Waals surface area contributed by atoms with Gasteiger partial charge in [0.15, 0.2) is 0 Å². The number of nitrogens with two attached hydrogens (primary N) is 1. The first-order chi connectivity index (χ1) is 9.49. The molecule has 2 rings (SSSR count). The minimum Gasteiger partial charge on any atom is -0.399 e. The van der Waals surface area contributed by atoms with Crippen molar-refractivity contribution in [2.45, 2.75) is 20.4 Å². The number of nitrogens with one attached hydrogen (secondary N) is 1. The number of anilines is 1. The minimum atomic E-state index is -0.0984. The first kappa shape index (κ1) is 14.6. The van der Waals surface area contributed by atoms with Crippen LogP contribution in [0.1, 0.15) is 27.0 Å². The Hall–Kier alpha value is -1.81. The molecule has 0 saturated carbocycles. The number of carbonyl (C=O) groups is 1. The van der Waals surface area contributed by atoms with Crippen molar-refractivity contribution in [1.29, 1.82) is 0 Å². The van der Waals surface area contributed by atoms with Crippen molar-refractivity contribution in [2.24, 2.45) is 0 Å². The highest BCUT2D eigenvalue weighted by Gasteiger charge is 2.10. The minimum absolute atomic E-state index is 0.0984. The van der Waals surface area contributed by atoms with Gasteiger partial charge in [0.05, 0.1) is 5.56 Å². The normalized spacial score (nSPS) is 10.3. The molecule has 2 aromatic carbocycles. The predicted octanol–water partition coefficient (Wildman–Crippen LogP) is 3.58. The number of aryl methyl sites for hydroxylation is 1. The average molecular weight is 333 g/mol. The zero-order valence-electron chi connectivity index (χ0n) is 11.5. The molecule has 1 amide bonds. The lowest BCUT2D eigenvalue weighted by atomic mass is 10.1. The van der Waals surface area contributed by atoms with Gasteiger partial charge in [0, 0.05) is 16.7 Å². The van der Waals surface area contributed by atoms with Gasteiger partial charge in [-0.2, -0.15) is 0 Å². The molecule has 0 bridgehead atoms. The third kappa shape index (κ3) is 3.20. The molecule has 3 N–H and O–H groups in total. The number of nitrogen functional groups attached to an aromatic ring is 1. The van der Waals surface area contributed by atoms with Crippen molar-refractivity contribution >= 4 is 27.5 Å². The van der Waals surface area contributed by atoms with Crippen LogP contribution in [0.3, 0.4) is 0 Å². The summed E-state index contributed by atoms with van der Waals surface area (Å²) in [7, 11) is 0. The van der Waals surface area contributed by atoms with Crippen molar-refractivity contribution in [3.05, 3.63) is 63.1 Å². The molecule has 0 radical (unpaired) electrons. The van der Waals surface area contributed by atoms with Gasteiger partial charge in [-0.3, -0.25) is 4.79 Å². The lowest BCUT2D eigenvalue weighted by Gasteiger charge is -2.11. The number of hydrogen-bond donors (Lipinski definition) is 2. The Balaban J connectivity index is 2.11. The quantitative estimate of drug-likeness (QED) is 0.844. The topological polar surface area (TPSA) is 55.1 Å². The van der Waals surface area contributed by atoms with E-state index in [0.29, 0.717) is 12.1 Å². The molecule has 0 aromatic heterocycles. The molecule has 0 saturated heterocycles. The van der Waals surface area contributed by atoms with Crippen molar-refractivity contribution in [1.82, 2.24) is 5.32 Å². The van der Waals surface area contributed by atoms with E-state index in [2.05, 4.69) is 21.2 Å². The van der Waals surface area contributed by atoms with E-state index >= 15 is 0 Å². The third-order valence-electron chi connectivity index (χ3n) is 3.30. The molecule has 0 fully saturated rings. The number of halogens is 1. The molecule has 0 aliphatic rings. The molecule has 3 nitrogen and oxygen atoms in total. The Morgan fingerprint density at radius 1 is 1.25 bits per heavy atom. The maximum absolute atomic E-state index is 12.2. The summed E-state index contributed by atoms with van der Waals surface area (Å²) in [5.74, 6) is -0.0984. The van der Waals surface area contributed by atoms with E-state index in [0.717, 1.165) is 26.9 Å². The molecule has 0 atom stereocenters. The lowest BCUT2D eigenvalue weighted by Crippen LogP contribution is -2.23. The Morgan fingerprint density at radius 2 is 2.00 bits per heavy atom. The third-order valence-corrected chi connectivity index (χ3v) is 3.95. The van der Waals surface area contributed by atoms with Crippen LogP contribution in [0, 0.1) is 13.8 Å². The summed E-state index contributed by atoms with van der Waals surface area (Å²) in [6, 6.07) is 11.4. The zero-order chi connectivity index (χ0) is 14.7. The van der Waals surface area contributed by atoms with Crippen LogP contribution in [0.15, 0.2) is 40.9 Å². The molecule has 0 spiro atoms. The largest absolute Gasteiger partial charge is 0.399 e. The second kappa shape index (κ2) is 6.09. The zero-order valence-corrected chi connectivity index (χ0v) is 13.1. The standard InChI is InChI=1S/C16H17BrN2O/c1-10-6-7-13(14(17)8-10)16(20)19-9-12-4-3-5-15(18)11(12)2/h3-8H,9,18H2,1-2H3,(H,19,20). The highest BCUT2D eigenvalue weighted by atomic mass is 79.9. The second-order valence-electron chi connectivity index (χ2n) is 4.80. The smallest absolute Gasteiger partial charge is 0.252 e. The molecule has 0 unspecified atom stereocenters. The van der Waals surface area contributed by atoms with E-state index in [1.54, 1.807) is 0 Å². The lowest BCUT2D eigenvalue weighted by molar-refractivity contribution is 0.0950. The summed E-state index contributed by atoms with van der Waals surface area (Å²) >= 11 is 3.42. The number of carbonyl (C=O) groups excluding carboxylic acids is 1. The van der Waals surface area contributed by atoms with Gasteiger partial charge in [-0.25, -0.2) is 0 Å². The van der Waals surface area contributed by atoms with Crippen LogP contribution in [0.4, 0.5) is 5.69 Å². The number of rotatable bonds is 3. The summed E-state index contributed by atoms with van der Waals surface area (Å²) in [4.78, 5) is 12.2. The number of benzene rings is 2. The summed E-state index contributed by atoms with van der Waals surface area (Å²) in [5, 5.41) is 2.92. The van der Waals surface area contributed by atoms with Crippen LogP contribution in [0.5, 0.6) is 0 Å². The Labute approximate surface area is 127 Å². The fourth-order valence-corrected chi connectivity index (χ4v) is 2.64. The molecular formula is C16H17BrN2O. The van der Waals surface area contributed by atoms with Gasteiger partial charge >= 0.3 is 0 Å². The SMILES string of the molecule is Cc1ccc(C(=O)NCc2cccc(N)c2C)c(Br)c1. The molecule has 0 heterocycles. The maximum atomic E-state index is 12.2. The second-order valence-corrected chi connectivity index (χ2v) is 5.65. The van der Waals surface area contributed by atoms with Crippen molar-refractivity contribution in [2.75, 3.05) is 5.73 Å². The summed E-state index contributed by atoms with van der Waals surface area (Å²) < 4.78 is 0.805. The average Bonchev–Trinajstić information content (AvgIpc) is 2.40. The van der Waals surface area contributed by atoms with Crippen LogP contribution in [0.2, 0.25) is 0 Å². The van der Waals surface area contributed by atoms with E-state index < -0.39 is 0 Å². The Kier molecular flexibility index (Phi) is 4.45. The molecule has 4 heteroatoms. The van der Waals surface area contributed by atoms with Crippen molar-refractivity contribution < 1.29 is 4.79 Å². The van der Waals surface area contributed by atoms with Crippen LogP contribution in [-0.2, 0) is 6.54 Å². The fraction of sp³-hybridized carbons (Fsp3) is 0.188. The molecule has 20 heavy (non-hydrogen) atoms. The van der Waals surface area contributed by atoms with Crippen LogP contribution >= 0.6 is 15.9 Å². The van der Waals surface area contributed by atoms with E-state index in [4.69, 9.17) is 5.73 Å². The molecular weight excluding hydrogens is 316 g/mol. The Bertz CT molecular complexity index is 653. The summed E-state index contributed by atoms with van der Waals surface area (Å²) in [6.45, 7) is 4.41. The molecule has 0 aliphatic carbocycles. The van der Waals surface area contributed by atoms with Gasteiger partial charge in [-0.1, -0.05) is 18.2 Å². The maximum Gasteiger partial charge on any atom is 0.252 e. The first-order valence-corrected chi connectivity index (χ1v) is 7.16. The van der Waals surface area contributed by atoms with Crippen LogP contribution in [0.25, 0.3) is 0 Å². The number of hydrogen-bond acceptors (Lipinski definition) is 2. The van der Waals surface area contributed by atoms with Gasteiger partial charge in [0.25, 0.3) is 5.91 Å². The highest BCUT2D eigenvalue weighted by molar-refractivity contribution is 9.10. The number of amides is 1. The van der Waals surface area contributed by atoms with E-state index in [1.165, 1.54) is 0 Å². The van der Waals surface area contributed by atoms with Crippen molar-refractivity contribution in [3.63, 3.8) is 0 Å². The highest BCUT2D eigenvalue weighted by Crippen LogP contribution is 2.19. The van der Waals surface area contributed by atoms with Gasteiger partial charge in [-0.05, 0) is 64.7 Å². The van der Waals surface area contributed by atoms with E-state index in [1.807, 2.05) is 50.2 Å². The van der Waals surface area contributed by atoms with E-state index in [-0.39, 0.29) is 5.91 Å². The predicted molar refractivity (Wildman–Crippen MR) is 85.6 cm³/mol. The van der Waals surface area contributed by atoms with Crippen LogP contribution in [-0.4, -0.2) is 5.91 Å². The molecule has 0 aliphatic heterocycles. The molecule has 2 aromatic rings.